The molecule has 3 aromatic rings. The first-order valence-electron chi connectivity index (χ1n) is 11.5. The van der Waals surface area contributed by atoms with Crippen molar-refractivity contribution in [1.82, 2.24) is 4.90 Å². The minimum atomic E-state index is -0.924. The van der Waals surface area contributed by atoms with Crippen molar-refractivity contribution < 1.29 is 33.7 Å². The second-order valence-electron chi connectivity index (χ2n) is 8.26. The Bertz CT molecular complexity index is 1300. The van der Waals surface area contributed by atoms with Gasteiger partial charge in [-0.2, -0.15) is 0 Å². The van der Waals surface area contributed by atoms with Gasteiger partial charge in [-0.25, -0.2) is 4.39 Å². The monoisotopic (exact) mass is 491 g/mol. The summed E-state index contributed by atoms with van der Waals surface area (Å²) in [4.78, 5) is 27.7. The number of amides is 1. The molecule has 0 bridgehead atoms. The largest absolute Gasteiger partial charge is 0.507 e. The van der Waals surface area contributed by atoms with Crippen molar-refractivity contribution in [3.8, 4) is 17.2 Å². The lowest BCUT2D eigenvalue weighted by Crippen LogP contribution is -2.31. The van der Waals surface area contributed by atoms with E-state index in [1.165, 1.54) is 30.2 Å². The van der Waals surface area contributed by atoms with E-state index in [9.17, 15) is 24.2 Å². The summed E-state index contributed by atoms with van der Waals surface area (Å²) in [5.41, 5.74) is 1.55. The Morgan fingerprint density at radius 1 is 1.03 bits per heavy atom. The maximum atomic E-state index is 13.3. The molecule has 0 aliphatic carbocycles. The van der Waals surface area contributed by atoms with Crippen LogP contribution in [0.5, 0.6) is 17.2 Å². The summed E-state index contributed by atoms with van der Waals surface area (Å²) in [5, 5.41) is 21.4. The number of aromatic hydroxyl groups is 1. The number of methoxy groups -OCH3 is 1. The normalized spacial score (nSPS) is 16.9. The van der Waals surface area contributed by atoms with Gasteiger partial charge in [0.15, 0.2) is 11.5 Å². The Morgan fingerprint density at radius 3 is 2.36 bits per heavy atom. The molecule has 0 aromatic heterocycles. The Balaban J connectivity index is 1.79. The molecule has 0 radical (unpaired) electrons. The molecule has 186 valence electrons. The van der Waals surface area contributed by atoms with E-state index in [1.807, 2.05) is 0 Å². The average molecular weight is 492 g/mol. The van der Waals surface area contributed by atoms with Gasteiger partial charge in [-0.1, -0.05) is 18.2 Å². The topological polar surface area (TPSA) is 96.3 Å². The highest BCUT2D eigenvalue weighted by Crippen LogP contribution is 2.42. The molecule has 1 unspecified atom stereocenters. The molecule has 1 fully saturated rings. The number of likely N-dealkylation sites (tertiary alicyclic amines) is 1. The van der Waals surface area contributed by atoms with Gasteiger partial charge in [0, 0.05) is 12.1 Å². The van der Waals surface area contributed by atoms with Crippen molar-refractivity contribution in [2.75, 3.05) is 20.3 Å². The smallest absolute Gasteiger partial charge is 0.295 e. The lowest BCUT2D eigenvalue weighted by atomic mass is 9.94. The summed E-state index contributed by atoms with van der Waals surface area (Å²) in [6.07, 6.45) is 0.364. The van der Waals surface area contributed by atoms with Gasteiger partial charge in [-0.3, -0.25) is 9.59 Å². The lowest BCUT2D eigenvalue weighted by molar-refractivity contribution is -0.139. The average Bonchev–Trinajstić information content (AvgIpc) is 3.14. The molecule has 3 aromatic carbocycles. The number of phenols is 1. The summed E-state index contributed by atoms with van der Waals surface area (Å²) in [7, 11) is 1.52. The number of hydrogen-bond donors (Lipinski definition) is 2. The number of carbonyl (C=O) groups is 2. The highest BCUT2D eigenvalue weighted by atomic mass is 19.1. The van der Waals surface area contributed by atoms with Crippen LogP contribution in [0.25, 0.3) is 5.76 Å². The van der Waals surface area contributed by atoms with Crippen LogP contribution in [0.2, 0.25) is 0 Å². The predicted octanol–water partition coefficient (Wildman–Crippen LogP) is 4.60. The summed E-state index contributed by atoms with van der Waals surface area (Å²) in [6.45, 7) is 2.21. The van der Waals surface area contributed by atoms with Gasteiger partial charge in [0.1, 0.15) is 17.3 Å². The molecular weight excluding hydrogens is 465 g/mol. The van der Waals surface area contributed by atoms with E-state index in [1.54, 1.807) is 55.5 Å². The molecule has 2 N–H and O–H groups in total. The molecule has 1 aliphatic rings. The van der Waals surface area contributed by atoms with Crippen molar-refractivity contribution in [1.29, 1.82) is 0 Å². The number of carbonyl (C=O) groups excluding carboxylic acids is 2. The van der Waals surface area contributed by atoms with Gasteiger partial charge >= 0.3 is 0 Å². The lowest BCUT2D eigenvalue weighted by Gasteiger charge is -2.26. The number of nitrogens with zero attached hydrogens (tertiary/aromatic N) is 1. The first-order valence-corrected chi connectivity index (χ1v) is 11.5. The minimum absolute atomic E-state index is 0.0718. The van der Waals surface area contributed by atoms with Crippen LogP contribution in [0, 0.1) is 5.82 Å². The Hall–Kier alpha value is -4.33. The second-order valence-corrected chi connectivity index (χ2v) is 8.26. The van der Waals surface area contributed by atoms with Crippen LogP contribution in [-0.4, -0.2) is 47.1 Å². The number of benzene rings is 3. The van der Waals surface area contributed by atoms with E-state index in [4.69, 9.17) is 9.47 Å². The summed E-state index contributed by atoms with van der Waals surface area (Å²) >= 11 is 0. The van der Waals surface area contributed by atoms with Gasteiger partial charge in [-0.05, 0) is 73.0 Å². The first kappa shape index (κ1) is 24.8. The number of aliphatic hydroxyl groups excluding tert-OH is 1. The quantitative estimate of drug-likeness (QED) is 0.272. The molecule has 1 atom stereocenters. The number of rotatable bonds is 8. The summed E-state index contributed by atoms with van der Waals surface area (Å²) < 4.78 is 24.0. The number of phenolic OH excluding ortho intramolecular Hbond substituents is 1. The summed E-state index contributed by atoms with van der Waals surface area (Å²) in [5.74, 6) is -1.59. The molecule has 1 amide bonds. The number of hydrogen-bond acceptors (Lipinski definition) is 6. The van der Waals surface area contributed by atoms with Gasteiger partial charge < -0.3 is 24.6 Å². The van der Waals surface area contributed by atoms with E-state index in [-0.39, 0.29) is 35.2 Å². The number of ketones is 1. The fourth-order valence-corrected chi connectivity index (χ4v) is 4.23. The maximum absolute atomic E-state index is 13.3. The van der Waals surface area contributed by atoms with Crippen molar-refractivity contribution >= 4 is 17.4 Å². The van der Waals surface area contributed by atoms with Gasteiger partial charge in [0.05, 0.1) is 25.3 Å². The van der Waals surface area contributed by atoms with Crippen molar-refractivity contribution in [3.05, 3.63) is 94.8 Å². The fraction of sp³-hybridized carbons (Fsp3) is 0.214. The number of Topliss-reactive ketones (excluding diaryl/α,β-unsaturated/α-hetero) is 1. The van der Waals surface area contributed by atoms with Crippen LogP contribution < -0.4 is 9.47 Å². The van der Waals surface area contributed by atoms with E-state index in [0.29, 0.717) is 29.9 Å². The SMILES string of the molecule is CCOc1cc(C2/C(=C(/O)c3ccc(OC)cc3)C(=O)C(=O)N2CCc2ccc(F)cc2)ccc1O. The van der Waals surface area contributed by atoms with Gasteiger partial charge in [-0.15, -0.1) is 0 Å². The Labute approximate surface area is 208 Å². The van der Waals surface area contributed by atoms with Gasteiger partial charge in [0.25, 0.3) is 11.7 Å². The van der Waals surface area contributed by atoms with Crippen molar-refractivity contribution in [2.45, 2.75) is 19.4 Å². The van der Waals surface area contributed by atoms with Crippen LogP contribution in [0.15, 0.2) is 72.3 Å². The zero-order valence-electron chi connectivity index (χ0n) is 19.9. The summed E-state index contributed by atoms with van der Waals surface area (Å²) in [6, 6.07) is 16.0. The van der Waals surface area contributed by atoms with E-state index < -0.39 is 17.7 Å². The van der Waals surface area contributed by atoms with Crippen molar-refractivity contribution in [3.63, 3.8) is 0 Å². The molecule has 0 saturated carbocycles. The zero-order chi connectivity index (χ0) is 25.8. The number of ether oxygens (including phenoxy) is 2. The predicted molar refractivity (Wildman–Crippen MR) is 131 cm³/mol. The zero-order valence-corrected chi connectivity index (χ0v) is 19.9. The standard InChI is InChI=1S/C28H26FNO6/c1-3-36-23-16-19(8-13-22(23)31)25-24(26(32)18-6-11-21(35-2)12-7-18)27(33)28(34)30(25)15-14-17-4-9-20(29)10-5-17/h4-13,16,25,31-32H,3,14-15H2,1-2H3/b26-24-. The molecule has 7 nitrogen and oxygen atoms in total. The second kappa shape index (κ2) is 10.5. The molecule has 1 saturated heterocycles. The first-order chi connectivity index (χ1) is 17.3. The number of aliphatic hydroxyl groups is 1. The van der Waals surface area contributed by atoms with Crippen molar-refractivity contribution in [2.24, 2.45) is 0 Å². The van der Waals surface area contributed by atoms with Crippen LogP contribution >= 0.6 is 0 Å². The molecule has 8 heteroatoms. The van der Waals surface area contributed by atoms with Crippen LogP contribution in [0.3, 0.4) is 0 Å². The van der Waals surface area contributed by atoms with Gasteiger partial charge in [0.2, 0.25) is 0 Å². The van der Waals surface area contributed by atoms with Crippen LogP contribution in [0.4, 0.5) is 4.39 Å². The van der Waals surface area contributed by atoms with Crippen LogP contribution in [0.1, 0.15) is 29.7 Å². The minimum Gasteiger partial charge on any atom is -0.507 e. The third-order valence-electron chi connectivity index (χ3n) is 6.06. The molecule has 36 heavy (non-hydrogen) atoms. The Morgan fingerprint density at radius 2 is 1.72 bits per heavy atom. The molecule has 1 aliphatic heterocycles. The van der Waals surface area contributed by atoms with Crippen LogP contribution in [-0.2, 0) is 16.0 Å². The molecular formula is C28H26FNO6. The molecule has 0 spiro atoms. The highest BCUT2D eigenvalue weighted by Gasteiger charge is 2.46. The molecule has 1 heterocycles. The fourth-order valence-electron chi connectivity index (χ4n) is 4.23. The maximum Gasteiger partial charge on any atom is 0.295 e. The highest BCUT2D eigenvalue weighted by molar-refractivity contribution is 6.46. The van der Waals surface area contributed by atoms with E-state index >= 15 is 0 Å². The van der Waals surface area contributed by atoms with E-state index in [2.05, 4.69) is 0 Å². The number of halogens is 1. The Kier molecular flexibility index (Phi) is 7.24. The third kappa shape index (κ3) is 4.88. The molecule has 4 rings (SSSR count). The third-order valence-corrected chi connectivity index (χ3v) is 6.06. The van der Waals surface area contributed by atoms with E-state index in [0.717, 1.165) is 5.56 Å².